The van der Waals surface area contributed by atoms with Crippen molar-refractivity contribution >= 4 is 23.4 Å². The third-order valence-corrected chi connectivity index (χ3v) is 7.16. The normalized spacial score (nSPS) is 30.3. The summed E-state index contributed by atoms with van der Waals surface area (Å²) >= 11 is 0. The summed E-state index contributed by atoms with van der Waals surface area (Å²) < 4.78 is 7.57. The minimum absolute atomic E-state index is 0.122. The van der Waals surface area contributed by atoms with Crippen molar-refractivity contribution in [2.45, 2.75) is 43.8 Å². The molecular formula is C21H25N7O5. The van der Waals surface area contributed by atoms with Crippen molar-refractivity contribution in [3.8, 4) is 0 Å². The molecule has 6 rings (SSSR count). The SMILES string of the molecule is C[C@@H]1CN(c2nc(N)c([N+](=O)[O-])c(C34CC(C(N)=O)(C3)C4)n2)C[C@H](c2ccc(=O)n(C)c2)O1. The Morgan fingerprint density at radius 3 is 2.58 bits per heavy atom. The minimum Gasteiger partial charge on any atom is -0.378 e. The van der Waals surface area contributed by atoms with Crippen LogP contribution in [0.1, 0.15) is 43.5 Å². The smallest absolute Gasteiger partial charge is 0.333 e. The molecule has 3 aliphatic carbocycles. The molecule has 2 bridgehead atoms. The maximum atomic E-state index is 11.8. The maximum Gasteiger partial charge on any atom is 0.333 e. The molecule has 3 saturated carbocycles. The summed E-state index contributed by atoms with van der Waals surface area (Å²) in [5, 5.41) is 11.8. The fraction of sp³-hybridized carbons (Fsp3) is 0.524. The summed E-state index contributed by atoms with van der Waals surface area (Å²) in [7, 11) is 1.67. The number of nitro groups is 1. The molecule has 2 atom stereocenters. The van der Waals surface area contributed by atoms with Crippen LogP contribution in [0, 0.1) is 15.5 Å². The van der Waals surface area contributed by atoms with E-state index in [0.29, 0.717) is 32.4 Å². The molecule has 2 aromatic heterocycles. The Morgan fingerprint density at radius 1 is 1.27 bits per heavy atom. The number of aryl methyl sites for hydroxylation is 1. The number of morpholine rings is 1. The van der Waals surface area contributed by atoms with Crippen molar-refractivity contribution in [2.75, 3.05) is 23.7 Å². The van der Waals surface area contributed by atoms with Gasteiger partial charge in [-0.05, 0) is 37.8 Å². The van der Waals surface area contributed by atoms with Crippen LogP contribution < -0.4 is 21.9 Å². The average molecular weight is 455 g/mol. The van der Waals surface area contributed by atoms with E-state index in [1.807, 2.05) is 11.8 Å². The Balaban J connectivity index is 1.49. The summed E-state index contributed by atoms with van der Waals surface area (Å²) in [6.07, 6.45) is 2.50. The molecule has 0 radical (unpaired) electrons. The van der Waals surface area contributed by atoms with Gasteiger partial charge in [0.1, 0.15) is 11.8 Å². The number of carbonyl (C=O) groups is 1. The fourth-order valence-electron chi connectivity index (χ4n) is 5.56. The lowest BCUT2D eigenvalue weighted by Gasteiger charge is -2.68. The first-order valence-corrected chi connectivity index (χ1v) is 10.7. The molecular weight excluding hydrogens is 430 g/mol. The molecule has 1 saturated heterocycles. The lowest BCUT2D eigenvalue weighted by molar-refractivity contribution is -0.386. The van der Waals surface area contributed by atoms with Gasteiger partial charge in [-0.1, -0.05) is 0 Å². The van der Waals surface area contributed by atoms with E-state index in [1.165, 1.54) is 10.6 Å². The van der Waals surface area contributed by atoms with Crippen molar-refractivity contribution in [2.24, 2.45) is 18.2 Å². The van der Waals surface area contributed by atoms with Crippen molar-refractivity contribution < 1.29 is 14.5 Å². The van der Waals surface area contributed by atoms with Gasteiger partial charge in [0.15, 0.2) is 0 Å². The van der Waals surface area contributed by atoms with Crippen LogP contribution in [0.25, 0.3) is 0 Å². The van der Waals surface area contributed by atoms with Crippen molar-refractivity contribution in [1.82, 2.24) is 14.5 Å². The first-order valence-electron chi connectivity index (χ1n) is 10.7. The quantitative estimate of drug-likeness (QED) is 0.482. The number of primary amides is 1. The van der Waals surface area contributed by atoms with E-state index in [-0.39, 0.29) is 46.8 Å². The predicted molar refractivity (Wildman–Crippen MR) is 117 cm³/mol. The number of ether oxygens (including phenoxy) is 1. The molecule has 12 nitrogen and oxygen atoms in total. The van der Waals surface area contributed by atoms with Crippen LogP contribution in [-0.2, 0) is 22.0 Å². The Labute approximate surface area is 188 Å². The molecule has 1 aliphatic heterocycles. The van der Waals surface area contributed by atoms with E-state index in [9.17, 15) is 19.7 Å². The molecule has 33 heavy (non-hydrogen) atoms. The highest BCUT2D eigenvalue weighted by Crippen LogP contribution is 2.74. The largest absolute Gasteiger partial charge is 0.378 e. The molecule has 174 valence electrons. The van der Waals surface area contributed by atoms with E-state index >= 15 is 0 Å². The van der Waals surface area contributed by atoms with E-state index in [0.717, 1.165) is 5.56 Å². The van der Waals surface area contributed by atoms with Crippen molar-refractivity contribution in [3.63, 3.8) is 0 Å². The third-order valence-electron chi connectivity index (χ3n) is 7.16. The molecule has 0 spiro atoms. The van der Waals surface area contributed by atoms with Crippen LogP contribution in [0.15, 0.2) is 23.1 Å². The first-order chi connectivity index (χ1) is 15.5. The molecule has 4 fully saturated rings. The second-order valence-electron chi connectivity index (χ2n) is 9.57. The average Bonchev–Trinajstić information content (AvgIpc) is 2.66. The number of rotatable bonds is 5. The summed E-state index contributed by atoms with van der Waals surface area (Å²) in [4.78, 5) is 45.5. The van der Waals surface area contributed by atoms with E-state index in [4.69, 9.17) is 16.2 Å². The molecule has 2 aromatic rings. The zero-order valence-corrected chi connectivity index (χ0v) is 18.4. The number of amides is 1. The van der Waals surface area contributed by atoms with E-state index < -0.39 is 15.8 Å². The van der Waals surface area contributed by atoms with Crippen LogP contribution in [-0.4, -0.2) is 44.6 Å². The number of hydrogen-bond acceptors (Lipinski definition) is 9. The highest BCUT2D eigenvalue weighted by molar-refractivity contribution is 5.86. The van der Waals surface area contributed by atoms with Crippen molar-refractivity contribution in [1.29, 1.82) is 0 Å². The number of anilines is 2. The Morgan fingerprint density at radius 2 is 1.97 bits per heavy atom. The lowest BCUT2D eigenvalue weighted by atomic mass is 9.34. The summed E-state index contributed by atoms with van der Waals surface area (Å²) in [6.45, 7) is 2.77. The molecule has 1 amide bonds. The van der Waals surface area contributed by atoms with Gasteiger partial charge in [0.25, 0.3) is 0 Å². The fourth-order valence-corrected chi connectivity index (χ4v) is 5.56. The van der Waals surface area contributed by atoms with Gasteiger partial charge < -0.3 is 25.7 Å². The lowest BCUT2D eigenvalue weighted by Crippen LogP contribution is -2.69. The predicted octanol–water partition coefficient (Wildman–Crippen LogP) is 0.539. The molecule has 3 heterocycles. The number of pyridine rings is 1. The zero-order chi connectivity index (χ0) is 23.7. The van der Waals surface area contributed by atoms with E-state index in [1.54, 1.807) is 19.3 Å². The van der Waals surface area contributed by atoms with Crippen LogP contribution in [0.5, 0.6) is 0 Å². The number of hydrogen-bond donors (Lipinski definition) is 2. The molecule has 4 aliphatic rings. The zero-order valence-electron chi connectivity index (χ0n) is 18.4. The second kappa shape index (κ2) is 6.98. The van der Waals surface area contributed by atoms with Gasteiger partial charge in [0.05, 0.1) is 23.0 Å². The topological polar surface area (TPSA) is 172 Å². The van der Waals surface area contributed by atoms with Gasteiger partial charge in [0, 0.05) is 31.3 Å². The van der Waals surface area contributed by atoms with E-state index in [2.05, 4.69) is 9.97 Å². The third kappa shape index (κ3) is 3.16. The van der Waals surface area contributed by atoms with Gasteiger partial charge in [0.2, 0.25) is 23.2 Å². The monoisotopic (exact) mass is 455 g/mol. The number of nitrogens with zero attached hydrogens (tertiary/aromatic N) is 5. The molecule has 4 N–H and O–H groups in total. The summed E-state index contributed by atoms with van der Waals surface area (Å²) in [5.74, 6) is -0.289. The highest BCUT2D eigenvalue weighted by atomic mass is 16.6. The van der Waals surface area contributed by atoms with Gasteiger partial charge in [-0.15, -0.1) is 0 Å². The Hall–Kier alpha value is -3.54. The highest BCUT2D eigenvalue weighted by Gasteiger charge is 2.73. The Kier molecular flexibility index (Phi) is 4.51. The van der Waals surface area contributed by atoms with Crippen LogP contribution in [0.4, 0.5) is 17.5 Å². The van der Waals surface area contributed by atoms with Gasteiger partial charge in [-0.25, -0.2) is 4.98 Å². The summed E-state index contributed by atoms with van der Waals surface area (Å²) in [6, 6.07) is 3.21. The van der Waals surface area contributed by atoms with Crippen LogP contribution in [0.2, 0.25) is 0 Å². The summed E-state index contributed by atoms with van der Waals surface area (Å²) in [5.41, 5.74) is 11.1. The number of nitrogen functional groups attached to an aromatic ring is 1. The standard InChI is InChI=1S/C21H25N7O5/c1-11-5-27(7-13(33-11)12-3-4-14(29)26(2)6-12)19-24-16(15(28(31)32)17(22)25-19)20-8-21(9-20,10-20)18(23)30/h3-4,6,11,13H,5,7-10H2,1-2H3,(H2,23,30)(H2,22,24,25)/t11-,13-,20?,21?/m1/s1. The van der Waals surface area contributed by atoms with Crippen LogP contribution in [0.3, 0.4) is 0 Å². The number of carbonyl (C=O) groups excluding carboxylic acids is 1. The minimum atomic E-state index is -0.588. The maximum absolute atomic E-state index is 11.8. The number of nitrogens with two attached hydrogens (primary N) is 2. The van der Waals surface area contributed by atoms with Crippen LogP contribution >= 0.6 is 0 Å². The Bertz CT molecular complexity index is 1220. The number of aromatic nitrogens is 3. The first kappa shape index (κ1) is 21.3. The van der Waals surface area contributed by atoms with Gasteiger partial charge in [-0.2, -0.15) is 4.98 Å². The second-order valence-corrected chi connectivity index (χ2v) is 9.57. The molecule has 0 aromatic carbocycles. The van der Waals surface area contributed by atoms with Crippen molar-refractivity contribution in [3.05, 3.63) is 50.1 Å². The van der Waals surface area contributed by atoms with Gasteiger partial charge in [-0.3, -0.25) is 19.7 Å². The molecule has 12 heteroatoms. The molecule has 0 unspecified atom stereocenters. The van der Waals surface area contributed by atoms with Gasteiger partial charge >= 0.3 is 5.69 Å².